The minimum absolute atomic E-state index is 0.0276. The molecule has 5 heterocycles. The van der Waals surface area contributed by atoms with Crippen LogP contribution in [0.15, 0.2) is 41.0 Å². The normalized spacial score (nSPS) is 31.7. The van der Waals surface area contributed by atoms with Crippen LogP contribution < -0.4 is 24.8 Å². The van der Waals surface area contributed by atoms with E-state index in [0.29, 0.717) is 50.2 Å². The van der Waals surface area contributed by atoms with Crippen molar-refractivity contribution in [3.05, 3.63) is 57.7 Å². The highest BCUT2D eigenvalue weighted by Crippen LogP contribution is 2.72. The van der Waals surface area contributed by atoms with Gasteiger partial charge in [0.05, 0.1) is 17.1 Å². The zero-order chi connectivity index (χ0) is 51.7. The first-order chi connectivity index (χ1) is 33.1. The number of phosphoric acid groups is 3. The van der Waals surface area contributed by atoms with E-state index in [9.17, 15) is 38.1 Å². The maximum Gasteiger partial charge on any atom is 0.536 e. The second kappa shape index (κ2) is 19.8. The predicted molar refractivity (Wildman–Crippen MR) is 261 cm³/mol. The highest BCUT2D eigenvalue weighted by atomic mass is 31.3. The topological polar surface area (TPSA) is 269 Å². The lowest BCUT2D eigenvalue weighted by molar-refractivity contribution is -0.208. The van der Waals surface area contributed by atoms with Gasteiger partial charge < -0.3 is 33.4 Å². The maximum absolute atomic E-state index is 16.4. The Morgan fingerprint density at radius 1 is 0.831 bits per heavy atom. The molecule has 0 radical (unpaired) electrons. The molecule has 3 saturated heterocycles. The SMILES string of the molecule is CC(C)=CCCC1(C)C=Cc2c(c(CC=C(C)C)c3c(c2OP(=O)(O)OP(=O)(O)OP(=O)(O)O)C(=O)C2C(NN4CCCCC4)C4CC5C(C)(C)OC(C/C=C(/C)C(=O)NN6CCCCC6)(C4=O)C25O3)O1. The summed E-state index contributed by atoms with van der Waals surface area (Å²) in [7, 11) is -17.8. The molecule has 8 aliphatic rings. The number of carbonyl (C=O) groups is 3. The van der Waals surface area contributed by atoms with Gasteiger partial charge in [-0.3, -0.25) is 30.1 Å². The van der Waals surface area contributed by atoms with Crippen LogP contribution in [0.2, 0.25) is 0 Å². The van der Waals surface area contributed by atoms with Gasteiger partial charge >= 0.3 is 23.5 Å². The molecule has 0 aromatic heterocycles. The van der Waals surface area contributed by atoms with Gasteiger partial charge in [0.25, 0.3) is 5.91 Å². The van der Waals surface area contributed by atoms with E-state index in [1.54, 1.807) is 25.2 Å². The number of ketones is 2. The molecule has 4 bridgehead atoms. The maximum atomic E-state index is 16.4. The van der Waals surface area contributed by atoms with Gasteiger partial charge in [0.1, 0.15) is 22.7 Å². The lowest BCUT2D eigenvalue weighted by Crippen LogP contribution is -2.82. The third-order valence-corrected chi connectivity index (χ3v) is 18.8. The number of phosphoric ester groups is 1. The van der Waals surface area contributed by atoms with E-state index in [1.807, 2.05) is 70.6 Å². The number of benzene rings is 1. The van der Waals surface area contributed by atoms with Crippen molar-refractivity contribution in [3.8, 4) is 17.2 Å². The highest BCUT2D eigenvalue weighted by Gasteiger charge is 2.85. The number of hydrazine groups is 2. The molecule has 1 amide bonds. The summed E-state index contributed by atoms with van der Waals surface area (Å²) in [6, 6.07) is -0.905. The van der Waals surface area contributed by atoms with Crippen LogP contribution >= 0.6 is 23.5 Å². The molecule has 6 N–H and O–H groups in total. The van der Waals surface area contributed by atoms with E-state index < -0.39 is 81.2 Å². The third-order valence-electron chi connectivity index (χ3n) is 15.0. The van der Waals surface area contributed by atoms with Crippen molar-refractivity contribution in [2.75, 3.05) is 26.2 Å². The molecular formula is C48H69N4O16P3. The van der Waals surface area contributed by atoms with Crippen LogP contribution in [0.3, 0.4) is 0 Å². The Morgan fingerprint density at radius 3 is 2.08 bits per heavy atom. The van der Waals surface area contributed by atoms with Crippen molar-refractivity contribution in [1.82, 2.24) is 20.9 Å². The van der Waals surface area contributed by atoms with Gasteiger partial charge in [-0.1, -0.05) is 42.2 Å². The van der Waals surface area contributed by atoms with Crippen LogP contribution in [0.5, 0.6) is 17.2 Å². The summed E-state index contributed by atoms with van der Waals surface area (Å²) in [5.41, 5.74) is 3.03. The Bertz CT molecular complexity index is 2610. The van der Waals surface area contributed by atoms with Gasteiger partial charge in [-0.25, -0.2) is 23.7 Å². The smallest absolute Gasteiger partial charge is 0.482 e. The van der Waals surface area contributed by atoms with Gasteiger partial charge in [0, 0.05) is 61.6 Å². The molecular weight excluding hydrogens is 981 g/mol. The molecule has 5 aliphatic heterocycles. The van der Waals surface area contributed by atoms with Gasteiger partial charge in [-0.05, 0) is 119 Å². The van der Waals surface area contributed by atoms with Gasteiger partial charge in [-0.15, -0.1) is 0 Å². The molecule has 20 nitrogen and oxygen atoms in total. The number of nitrogens with one attached hydrogen (secondary N) is 2. The molecule has 1 aromatic rings. The zero-order valence-electron chi connectivity index (χ0n) is 41.7. The minimum atomic E-state index is -6.04. The van der Waals surface area contributed by atoms with Crippen LogP contribution in [0.25, 0.3) is 6.08 Å². The van der Waals surface area contributed by atoms with Crippen molar-refractivity contribution >= 4 is 47.0 Å². The highest BCUT2D eigenvalue weighted by molar-refractivity contribution is 7.66. The summed E-state index contributed by atoms with van der Waals surface area (Å²) in [5.74, 6) is -4.75. The molecule has 23 heteroatoms. The molecule has 1 spiro atoms. The van der Waals surface area contributed by atoms with Gasteiger partial charge in [0.15, 0.2) is 28.5 Å². The summed E-state index contributed by atoms with van der Waals surface area (Å²) < 4.78 is 74.2. The number of amides is 1. The Hall–Kier alpha value is -3.32. The standard InChI is InChI=1S/C48H69N4O16P3/c1-29(2)16-15-21-46(8)22-20-33-40(63-46)32(18-17-30(3)4)41-36(42(33)65-70(59,60)68-71(61,62)67-69(56,57)58)39(53)37-38(49-51-24-11-9-12-25-51)34-28-35-45(6,7)66-47(43(34)54,48(35,37)64-41)23-19-31(5)44(55)50-52-26-13-10-14-27-52/h16-17,19-20,22,34-35,37-38,49H,9-15,18,21,23-28H2,1-8H3,(H,50,55)(H,59,60)(H,61,62)(H2,56,57,58)/b31-19-. The molecule has 1 aromatic carbocycles. The van der Waals surface area contributed by atoms with Gasteiger partial charge in [0.2, 0.25) is 0 Å². The number of allylic oxidation sites excluding steroid dienone is 4. The number of nitrogens with zero attached hydrogens (tertiary/aromatic N) is 2. The minimum Gasteiger partial charge on any atom is -0.482 e. The van der Waals surface area contributed by atoms with Crippen LogP contribution in [0.4, 0.5) is 0 Å². The summed E-state index contributed by atoms with van der Waals surface area (Å²) >= 11 is 0. The molecule has 3 aliphatic carbocycles. The third kappa shape index (κ3) is 10.5. The molecule has 3 saturated carbocycles. The number of rotatable bonds is 17. The monoisotopic (exact) mass is 1050 g/mol. The van der Waals surface area contributed by atoms with E-state index >= 15 is 9.59 Å². The van der Waals surface area contributed by atoms with Crippen molar-refractivity contribution in [3.63, 3.8) is 0 Å². The van der Waals surface area contributed by atoms with E-state index in [4.69, 9.17) is 18.7 Å². The number of carbonyl (C=O) groups excluding carboxylic acids is 3. The van der Waals surface area contributed by atoms with E-state index in [-0.39, 0.29) is 53.6 Å². The number of piperidine rings is 2. The largest absolute Gasteiger partial charge is 0.536 e. The lowest BCUT2D eigenvalue weighted by Gasteiger charge is -2.63. The molecule has 9 unspecified atom stereocenters. The van der Waals surface area contributed by atoms with E-state index in [2.05, 4.69) is 19.5 Å². The average molecular weight is 1050 g/mol. The number of ether oxygens (including phenoxy) is 3. The fourth-order valence-corrected chi connectivity index (χ4v) is 15.0. The predicted octanol–water partition coefficient (Wildman–Crippen LogP) is 7.72. The average Bonchev–Trinajstić information content (AvgIpc) is 3.39. The Morgan fingerprint density at radius 2 is 1.46 bits per heavy atom. The second-order valence-corrected chi connectivity index (χ2v) is 25.6. The summed E-state index contributed by atoms with van der Waals surface area (Å²) in [6.07, 6.45) is 15.8. The summed E-state index contributed by atoms with van der Waals surface area (Å²) in [6.45, 7) is 17.6. The number of hydrogen-bond donors (Lipinski definition) is 6. The summed E-state index contributed by atoms with van der Waals surface area (Å²) in [4.78, 5) is 86.2. The van der Waals surface area contributed by atoms with Crippen LogP contribution in [-0.4, -0.2) is 102 Å². The van der Waals surface area contributed by atoms with Crippen molar-refractivity contribution in [1.29, 1.82) is 0 Å². The zero-order valence-corrected chi connectivity index (χ0v) is 44.4. The summed E-state index contributed by atoms with van der Waals surface area (Å²) in [5, 5.41) is 3.88. The first kappa shape index (κ1) is 54.0. The van der Waals surface area contributed by atoms with Crippen molar-refractivity contribution in [2.24, 2.45) is 17.8 Å². The number of fused-ring (bicyclic) bond motifs is 2. The van der Waals surface area contributed by atoms with E-state index in [1.165, 1.54) is 0 Å². The lowest BCUT2D eigenvalue weighted by atomic mass is 9.45. The Kier molecular flexibility index (Phi) is 15.0. The molecule has 392 valence electrons. The van der Waals surface area contributed by atoms with Crippen molar-refractivity contribution in [2.45, 2.75) is 154 Å². The second-order valence-electron chi connectivity index (χ2n) is 21.3. The Labute approximate surface area is 415 Å². The van der Waals surface area contributed by atoms with Crippen LogP contribution in [0.1, 0.15) is 141 Å². The van der Waals surface area contributed by atoms with Crippen LogP contribution in [-0.2, 0) is 43.1 Å². The number of hydrogen-bond acceptors (Lipinski definition) is 15. The van der Waals surface area contributed by atoms with E-state index in [0.717, 1.165) is 49.7 Å². The molecule has 9 atom stereocenters. The Balaban J connectivity index is 1.36. The number of Topliss-reactive ketones (excluding diaryl/α,β-unsaturated/α-hetero) is 2. The fraction of sp³-hybridized carbons (Fsp3) is 0.646. The van der Waals surface area contributed by atoms with Crippen molar-refractivity contribution < 1.29 is 75.0 Å². The fourth-order valence-electron chi connectivity index (χ4n) is 11.9. The quantitative estimate of drug-likeness (QED) is 0.0495. The first-order valence-corrected chi connectivity index (χ1v) is 29.1. The van der Waals surface area contributed by atoms with Crippen LogP contribution in [0, 0.1) is 17.8 Å². The molecule has 9 rings (SSSR count). The molecule has 71 heavy (non-hydrogen) atoms. The molecule has 6 fully saturated rings. The first-order valence-electron chi connectivity index (χ1n) is 24.5. The van der Waals surface area contributed by atoms with Gasteiger partial charge in [-0.2, -0.15) is 8.62 Å².